The molecule has 1 amide bonds. The lowest BCUT2D eigenvalue weighted by molar-refractivity contribution is -0.142. The van der Waals surface area contributed by atoms with Crippen molar-refractivity contribution < 1.29 is 14.3 Å². The average Bonchev–Trinajstić information content (AvgIpc) is 3.57. The smallest absolute Gasteiger partial charge is 0.302 e. The third-order valence-corrected chi connectivity index (χ3v) is 7.80. The van der Waals surface area contributed by atoms with Crippen molar-refractivity contribution >= 4 is 29.2 Å². The Kier molecular flexibility index (Phi) is 6.32. The van der Waals surface area contributed by atoms with Crippen LogP contribution in [0.5, 0.6) is 0 Å². The molecule has 11 nitrogen and oxygen atoms in total. The SMILES string of the molecule is CC(=O)OCc1c(-c2cc(Nc3ccn(C)n3)c(=O)n(C)c2)ccnc1N1CCn2c(cc3c2CC(C)(C)C3)C1=O. The second-order valence-electron chi connectivity index (χ2n) is 11.6. The molecule has 4 aromatic rings. The van der Waals surface area contributed by atoms with Crippen LogP contribution in [0.25, 0.3) is 11.1 Å². The van der Waals surface area contributed by atoms with Crippen LogP contribution < -0.4 is 15.8 Å². The second kappa shape index (κ2) is 9.76. The number of esters is 1. The van der Waals surface area contributed by atoms with Crippen LogP contribution in [-0.2, 0) is 49.6 Å². The molecule has 0 spiro atoms. The molecule has 1 aliphatic heterocycles. The van der Waals surface area contributed by atoms with Crippen LogP contribution in [-0.4, -0.2) is 42.3 Å². The van der Waals surface area contributed by atoms with Gasteiger partial charge in [-0.25, -0.2) is 4.98 Å². The molecule has 1 aliphatic carbocycles. The maximum atomic E-state index is 13.9. The number of hydrogen-bond donors (Lipinski definition) is 1. The van der Waals surface area contributed by atoms with E-state index in [0.717, 1.165) is 12.8 Å². The van der Waals surface area contributed by atoms with Gasteiger partial charge in [-0.3, -0.25) is 24.0 Å². The Morgan fingerprint density at radius 2 is 1.93 bits per heavy atom. The van der Waals surface area contributed by atoms with Gasteiger partial charge in [0.2, 0.25) is 0 Å². The van der Waals surface area contributed by atoms with Crippen molar-refractivity contribution in [2.24, 2.45) is 19.5 Å². The highest BCUT2D eigenvalue weighted by atomic mass is 16.5. The summed E-state index contributed by atoms with van der Waals surface area (Å²) in [6.07, 6.45) is 7.04. The number of carbonyl (C=O) groups is 2. The van der Waals surface area contributed by atoms with E-state index >= 15 is 0 Å². The molecule has 6 rings (SSSR count). The second-order valence-corrected chi connectivity index (χ2v) is 11.6. The van der Waals surface area contributed by atoms with Crippen molar-refractivity contribution in [1.82, 2.24) is 23.9 Å². The van der Waals surface area contributed by atoms with Crippen molar-refractivity contribution in [3.63, 3.8) is 0 Å². The van der Waals surface area contributed by atoms with Crippen molar-refractivity contribution in [1.29, 1.82) is 0 Å². The molecule has 0 unspecified atom stereocenters. The molecule has 41 heavy (non-hydrogen) atoms. The van der Waals surface area contributed by atoms with Gasteiger partial charge in [0, 0.05) is 75.6 Å². The number of ether oxygens (including phenoxy) is 1. The van der Waals surface area contributed by atoms with Gasteiger partial charge in [0.1, 0.15) is 23.8 Å². The maximum absolute atomic E-state index is 13.9. The van der Waals surface area contributed by atoms with E-state index in [-0.39, 0.29) is 23.5 Å². The highest BCUT2D eigenvalue weighted by Gasteiger charge is 2.37. The zero-order valence-electron chi connectivity index (χ0n) is 23.9. The van der Waals surface area contributed by atoms with E-state index in [1.807, 2.05) is 6.07 Å². The first-order valence-corrected chi connectivity index (χ1v) is 13.6. The average molecular weight is 556 g/mol. The Balaban J connectivity index is 1.42. The highest BCUT2D eigenvalue weighted by Crippen LogP contribution is 2.40. The van der Waals surface area contributed by atoms with Gasteiger partial charge in [-0.05, 0) is 47.6 Å². The van der Waals surface area contributed by atoms with Gasteiger partial charge >= 0.3 is 5.97 Å². The van der Waals surface area contributed by atoms with Crippen LogP contribution >= 0.6 is 0 Å². The molecule has 0 fully saturated rings. The molecule has 0 saturated heterocycles. The van der Waals surface area contributed by atoms with Gasteiger partial charge in [0.05, 0.1) is 0 Å². The molecule has 0 saturated carbocycles. The Hall–Kier alpha value is -4.67. The van der Waals surface area contributed by atoms with E-state index in [4.69, 9.17) is 4.74 Å². The highest BCUT2D eigenvalue weighted by molar-refractivity contribution is 6.06. The van der Waals surface area contributed by atoms with Crippen LogP contribution in [0.2, 0.25) is 0 Å². The molecule has 2 aliphatic rings. The van der Waals surface area contributed by atoms with Gasteiger partial charge in [0.15, 0.2) is 5.82 Å². The third kappa shape index (κ3) is 4.81. The minimum absolute atomic E-state index is 0.0742. The summed E-state index contributed by atoms with van der Waals surface area (Å²) in [4.78, 5) is 45.0. The van der Waals surface area contributed by atoms with Crippen LogP contribution in [0.1, 0.15) is 48.1 Å². The lowest BCUT2D eigenvalue weighted by Crippen LogP contribution is -2.41. The predicted octanol–water partition coefficient (Wildman–Crippen LogP) is 3.57. The monoisotopic (exact) mass is 555 g/mol. The van der Waals surface area contributed by atoms with E-state index in [9.17, 15) is 14.4 Å². The number of amides is 1. The van der Waals surface area contributed by atoms with Gasteiger partial charge in [0.25, 0.3) is 11.5 Å². The molecule has 0 bridgehead atoms. The first-order valence-electron chi connectivity index (χ1n) is 13.6. The minimum Gasteiger partial charge on any atom is -0.461 e. The van der Waals surface area contributed by atoms with Crippen molar-refractivity contribution in [3.8, 4) is 11.1 Å². The fraction of sp³-hybridized carbons (Fsp3) is 0.367. The Labute approximate surface area is 237 Å². The topological polar surface area (TPSA) is 116 Å². The number of aryl methyl sites for hydroxylation is 2. The molecule has 0 atom stereocenters. The predicted molar refractivity (Wildman–Crippen MR) is 154 cm³/mol. The molecule has 0 radical (unpaired) electrons. The summed E-state index contributed by atoms with van der Waals surface area (Å²) in [6, 6.07) is 7.34. The molecule has 212 valence electrons. The number of hydrogen-bond acceptors (Lipinski definition) is 7. The summed E-state index contributed by atoms with van der Waals surface area (Å²) < 4.78 is 10.7. The van der Waals surface area contributed by atoms with Crippen LogP contribution in [0.15, 0.2) is 47.7 Å². The summed E-state index contributed by atoms with van der Waals surface area (Å²) in [5, 5.41) is 7.42. The zero-order chi connectivity index (χ0) is 29.1. The van der Waals surface area contributed by atoms with Crippen LogP contribution in [0.3, 0.4) is 0 Å². The largest absolute Gasteiger partial charge is 0.461 e. The fourth-order valence-electron chi connectivity index (χ4n) is 5.98. The maximum Gasteiger partial charge on any atom is 0.302 e. The molecule has 5 heterocycles. The van der Waals surface area contributed by atoms with Crippen molar-refractivity contribution in [3.05, 3.63) is 75.7 Å². The van der Waals surface area contributed by atoms with Gasteiger partial charge in [-0.15, -0.1) is 0 Å². The van der Waals surface area contributed by atoms with Crippen LogP contribution in [0, 0.1) is 5.41 Å². The first-order chi connectivity index (χ1) is 19.5. The van der Waals surface area contributed by atoms with Gasteiger partial charge in [-0.2, -0.15) is 5.10 Å². The van der Waals surface area contributed by atoms with E-state index in [2.05, 4.69) is 33.8 Å². The number of nitrogens with one attached hydrogen (secondary N) is 1. The summed E-state index contributed by atoms with van der Waals surface area (Å²) in [5.41, 5.74) is 5.44. The van der Waals surface area contributed by atoms with E-state index in [1.54, 1.807) is 60.5 Å². The van der Waals surface area contributed by atoms with E-state index in [1.165, 1.54) is 22.7 Å². The van der Waals surface area contributed by atoms with Crippen molar-refractivity contribution in [2.75, 3.05) is 16.8 Å². The quantitative estimate of drug-likeness (QED) is 0.362. The van der Waals surface area contributed by atoms with Gasteiger partial charge < -0.3 is 19.2 Å². The number of aromatic nitrogens is 5. The number of pyridine rings is 2. The first kappa shape index (κ1) is 26.5. The molecular formula is C30H33N7O4. The van der Waals surface area contributed by atoms with Crippen LogP contribution in [0.4, 0.5) is 17.3 Å². The number of rotatable bonds is 6. The molecule has 1 N–H and O–H groups in total. The number of nitrogens with zero attached hydrogens (tertiary/aromatic N) is 6. The summed E-state index contributed by atoms with van der Waals surface area (Å²) in [6.45, 7) is 6.88. The minimum atomic E-state index is -0.443. The van der Waals surface area contributed by atoms with Crippen molar-refractivity contribution in [2.45, 2.75) is 46.8 Å². The summed E-state index contributed by atoms with van der Waals surface area (Å²) >= 11 is 0. The number of anilines is 3. The Bertz CT molecular complexity index is 1760. The zero-order valence-corrected chi connectivity index (χ0v) is 23.9. The summed E-state index contributed by atoms with van der Waals surface area (Å²) in [5.74, 6) is 0.404. The molecular weight excluding hydrogens is 522 g/mol. The molecule has 4 aromatic heterocycles. The number of carbonyl (C=O) groups excluding carboxylic acids is 2. The third-order valence-electron chi connectivity index (χ3n) is 7.80. The lowest BCUT2D eigenvalue weighted by Gasteiger charge is -2.31. The van der Waals surface area contributed by atoms with Gasteiger partial charge in [-0.1, -0.05) is 13.8 Å². The normalized spacial score (nSPS) is 15.5. The molecule has 11 heteroatoms. The summed E-state index contributed by atoms with van der Waals surface area (Å²) in [7, 11) is 3.47. The Morgan fingerprint density at radius 3 is 2.66 bits per heavy atom. The Morgan fingerprint density at radius 1 is 1.12 bits per heavy atom. The number of fused-ring (bicyclic) bond motifs is 3. The van der Waals surface area contributed by atoms with E-state index in [0.29, 0.717) is 52.8 Å². The standard InChI is InChI=1S/C30H33N7O4/c1-18(38)41-17-22-21(20-12-23(28(39)34(4)16-20)32-26-7-9-35(5)33-26)6-8-31-27(22)37-11-10-36-24(29(37)40)13-19-14-30(2,3)15-25(19)36/h6-9,12-13,16H,10-11,14-15,17H2,1-5H3,(H,32,33). The fourth-order valence-corrected chi connectivity index (χ4v) is 5.98. The lowest BCUT2D eigenvalue weighted by atomic mass is 9.90. The molecule has 0 aromatic carbocycles. The van der Waals surface area contributed by atoms with E-state index < -0.39 is 5.97 Å².